The molecular formula is C20H24FN3O3. The molecule has 2 N–H and O–H groups in total. The van der Waals surface area contributed by atoms with Gasteiger partial charge in [-0.05, 0) is 49.5 Å². The Bertz CT molecular complexity index is 778. The van der Waals surface area contributed by atoms with E-state index in [0.29, 0.717) is 19.6 Å². The van der Waals surface area contributed by atoms with Crippen LogP contribution >= 0.6 is 0 Å². The second-order valence-electron chi connectivity index (χ2n) is 6.52. The van der Waals surface area contributed by atoms with Crippen molar-refractivity contribution in [3.05, 3.63) is 71.0 Å². The SMILES string of the molecule is CN(C)CCN(Cc1cccc(F)c1)C(=O)NCc1ccc(C(=O)O)cc1. The Morgan fingerprint density at radius 1 is 1.04 bits per heavy atom. The van der Waals surface area contributed by atoms with Gasteiger partial charge >= 0.3 is 12.0 Å². The van der Waals surface area contributed by atoms with Crippen molar-refractivity contribution in [3.63, 3.8) is 0 Å². The van der Waals surface area contributed by atoms with Crippen LogP contribution in [0, 0.1) is 5.82 Å². The third-order valence-electron chi connectivity index (χ3n) is 4.01. The van der Waals surface area contributed by atoms with E-state index in [4.69, 9.17) is 5.11 Å². The summed E-state index contributed by atoms with van der Waals surface area (Å²) in [5.41, 5.74) is 1.71. The molecule has 2 amide bonds. The number of carbonyl (C=O) groups excluding carboxylic acids is 1. The van der Waals surface area contributed by atoms with Crippen molar-refractivity contribution in [3.8, 4) is 0 Å². The fourth-order valence-corrected chi connectivity index (χ4v) is 2.48. The van der Waals surface area contributed by atoms with Gasteiger partial charge in [0.1, 0.15) is 5.82 Å². The smallest absolute Gasteiger partial charge is 0.335 e. The summed E-state index contributed by atoms with van der Waals surface area (Å²) < 4.78 is 13.4. The van der Waals surface area contributed by atoms with Crippen molar-refractivity contribution in [2.45, 2.75) is 13.1 Å². The first-order valence-corrected chi connectivity index (χ1v) is 8.59. The van der Waals surface area contributed by atoms with Gasteiger partial charge in [0.15, 0.2) is 0 Å². The Kier molecular flexibility index (Phi) is 7.31. The number of hydrogen-bond acceptors (Lipinski definition) is 3. The van der Waals surface area contributed by atoms with E-state index >= 15 is 0 Å². The Morgan fingerprint density at radius 2 is 1.74 bits per heavy atom. The third-order valence-corrected chi connectivity index (χ3v) is 4.01. The molecule has 0 bridgehead atoms. The number of aromatic carboxylic acids is 1. The molecular weight excluding hydrogens is 349 g/mol. The number of carboxylic acids is 1. The van der Waals surface area contributed by atoms with Crippen LogP contribution in [0.25, 0.3) is 0 Å². The lowest BCUT2D eigenvalue weighted by molar-refractivity contribution is 0.0697. The summed E-state index contributed by atoms with van der Waals surface area (Å²) in [6, 6.07) is 12.3. The summed E-state index contributed by atoms with van der Waals surface area (Å²) in [6.07, 6.45) is 0. The fraction of sp³-hybridized carbons (Fsp3) is 0.300. The van der Waals surface area contributed by atoms with Gasteiger partial charge < -0.3 is 20.2 Å². The molecule has 2 aromatic rings. The van der Waals surface area contributed by atoms with Gasteiger partial charge in [0.2, 0.25) is 0 Å². The first-order valence-electron chi connectivity index (χ1n) is 8.59. The number of benzene rings is 2. The third kappa shape index (κ3) is 6.71. The van der Waals surface area contributed by atoms with Crippen LogP contribution < -0.4 is 5.32 Å². The number of carbonyl (C=O) groups is 2. The highest BCUT2D eigenvalue weighted by molar-refractivity contribution is 5.87. The van der Waals surface area contributed by atoms with E-state index in [1.807, 2.05) is 19.0 Å². The monoisotopic (exact) mass is 373 g/mol. The fourth-order valence-electron chi connectivity index (χ4n) is 2.48. The molecule has 0 aliphatic carbocycles. The molecule has 0 aromatic heterocycles. The Balaban J connectivity index is 2.00. The van der Waals surface area contributed by atoms with Gasteiger partial charge in [0.05, 0.1) is 5.56 Å². The molecule has 0 fully saturated rings. The van der Waals surface area contributed by atoms with Crippen molar-refractivity contribution in [2.24, 2.45) is 0 Å². The maximum absolute atomic E-state index is 13.4. The highest BCUT2D eigenvalue weighted by Crippen LogP contribution is 2.09. The molecule has 0 atom stereocenters. The Morgan fingerprint density at radius 3 is 2.33 bits per heavy atom. The number of urea groups is 1. The summed E-state index contributed by atoms with van der Waals surface area (Å²) >= 11 is 0. The minimum atomic E-state index is -0.990. The second-order valence-corrected chi connectivity index (χ2v) is 6.52. The second kappa shape index (κ2) is 9.68. The molecule has 27 heavy (non-hydrogen) atoms. The maximum atomic E-state index is 13.4. The topological polar surface area (TPSA) is 72.9 Å². The maximum Gasteiger partial charge on any atom is 0.335 e. The molecule has 0 saturated heterocycles. The summed E-state index contributed by atoms with van der Waals surface area (Å²) in [6.45, 7) is 1.75. The van der Waals surface area contributed by atoms with Gasteiger partial charge in [-0.15, -0.1) is 0 Å². The van der Waals surface area contributed by atoms with Crippen molar-refractivity contribution in [2.75, 3.05) is 27.2 Å². The van der Waals surface area contributed by atoms with Crippen LogP contribution in [0.15, 0.2) is 48.5 Å². The molecule has 0 aliphatic rings. The normalized spacial score (nSPS) is 10.7. The number of amides is 2. The van der Waals surface area contributed by atoms with Crippen LogP contribution in [-0.2, 0) is 13.1 Å². The van der Waals surface area contributed by atoms with Crippen LogP contribution in [0.1, 0.15) is 21.5 Å². The van der Waals surface area contributed by atoms with E-state index in [9.17, 15) is 14.0 Å². The van der Waals surface area contributed by atoms with E-state index in [1.165, 1.54) is 24.3 Å². The molecule has 0 saturated carbocycles. The van der Waals surface area contributed by atoms with Crippen molar-refractivity contribution < 1.29 is 19.1 Å². The number of hydrogen-bond donors (Lipinski definition) is 2. The largest absolute Gasteiger partial charge is 0.478 e. The van der Waals surface area contributed by atoms with Crippen LogP contribution in [0.4, 0.5) is 9.18 Å². The predicted octanol–water partition coefficient (Wildman–Crippen LogP) is 2.80. The van der Waals surface area contributed by atoms with Crippen LogP contribution in [0.3, 0.4) is 0 Å². The first kappa shape index (κ1) is 20.4. The zero-order chi connectivity index (χ0) is 19.8. The molecule has 7 heteroatoms. The van der Waals surface area contributed by atoms with E-state index in [0.717, 1.165) is 11.1 Å². The summed E-state index contributed by atoms with van der Waals surface area (Å²) in [4.78, 5) is 27.1. The van der Waals surface area contributed by atoms with Crippen LogP contribution in [0.2, 0.25) is 0 Å². The molecule has 0 radical (unpaired) electrons. The molecule has 6 nitrogen and oxygen atoms in total. The minimum Gasteiger partial charge on any atom is -0.478 e. The van der Waals surface area contributed by atoms with Crippen LogP contribution in [0.5, 0.6) is 0 Å². The van der Waals surface area contributed by atoms with E-state index in [2.05, 4.69) is 5.32 Å². The number of likely N-dealkylation sites (N-methyl/N-ethyl adjacent to an activating group) is 1. The highest BCUT2D eigenvalue weighted by atomic mass is 19.1. The van der Waals surface area contributed by atoms with Crippen molar-refractivity contribution in [1.29, 1.82) is 0 Å². The molecule has 2 rings (SSSR count). The molecule has 2 aromatic carbocycles. The average Bonchev–Trinajstić information content (AvgIpc) is 2.63. The number of carboxylic acid groups (broad SMARTS) is 1. The molecule has 0 heterocycles. The van der Waals surface area contributed by atoms with Crippen LogP contribution in [-0.4, -0.2) is 54.1 Å². The van der Waals surface area contributed by atoms with E-state index < -0.39 is 5.97 Å². The lowest BCUT2D eigenvalue weighted by atomic mass is 10.1. The van der Waals surface area contributed by atoms with Gasteiger partial charge in [0, 0.05) is 26.2 Å². The zero-order valence-electron chi connectivity index (χ0n) is 15.5. The van der Waals surface area contributed by atoms with Gasteiger partial charge in [-0.3, -0.25) is 0 Å². The average molecular weight is 373 g/mol. The molecule has 0 aliphatic heterocycles. The standard InChI is InChI=1S/C20H24FN3O3/c1-23(2)10-11-24(14-16-4-3-5-18(21)12-16)20(27)22-13-15-6-8-17(9-7-15)19(25)26/h3-9,12H,10-11,13-14H2,1-2H3,(H,22,27)(H,25,26). The van der Waals surface area contributed by atoms with E-state index in [1.54, 1.807) is 29.2 Å². The van der Waals surface area contributed by atoms with Gasteiger partial charge in [-0.25, -0.2) is 14.0 Å². The number of halogens is 1. The van der Waals surface area contributed by atoms with Crippen molar-refractivity contribution in [1.82, 2.24) is 15.1 Å². The quantitative estimate of drug-likeness (QED) is 0.746. The van der Waals surface area contributed by atoms with Gasteiger partial charge in [-0.1, -0.05) is 24.3 Å². The summed E-state index contributed by atoms with van der Waals surface area (Å²) in [7, 11) is 3.84. The zero-order valence-corrected chi connectivity index (χ0v) is 15.5. The lowest BCUT2D eigenvalue weighted by Gasteiger charge is -2.25. The number of rotatable bonds is 8. The van der Waals surface area contributed by atoms with Crippen molar-refractivity contribution >= 4 is 12.0 Å². The summed E-state index contributed by atoms with van der Waals surface area (Å²) in [5.74, 6) is -1.32. The first-order chi connectivity index (χ1) is 12.8. The highest BCUT2D eigenvalue weighted by Gasteiger charge is 2.14. The molecule has 0 unspecified atom stereocenters. The van der Waals surface area contributed by atoms with Gasteiger partial charge in [0.25, 0.3) is 0 Å². The van der Waals surface area contributed by atoms with Gasteiger partial charge in [-0.2, -0.15) is 0 Å². The molecule has 144 valence electrons. The van der Waals surface area contributed by atoms with E-state index in [-0.39, 0.29) is 24.0 Å². The summed E-state index contributed by atoms with van der Waals surface area (Å²) in [5, 5.41) is 11.8. The number of nitrogens with zero attached hydrogens (tertiary/aromatic N) is 2. The lowest BCUT2D eigenvalue weighted by Crippen LogP contribution is -2.42. The molecule has 0 spiro atoms. The Hall–Kier alpha value is -2.93. The Labute approximate surface area is 158 Å². The number of nitrogens with one attached hydrogen (secondary N) is 1. The minimum absolute atomic E-state index is 0.198. The predicted molar refractivity (Wildman–Crippen MR) is 101 cm³/mol.